The SMILES string of the molecule is CNCCCNC(=O)c1sc2cc(Cl)ccc2c1N. The van der Waals surface area contributed by atoms with Crippen LogP contribution < -0.4 is 16.4 Å². The third-order valence-corrected chi connectivity index (χ3v) is 4.19. The van der Waals surface area contributed by atoms with Gasteiger partial charge in [-0.1, -0.05) is 11.6 Å². The molecule has 0 spiro atoms. The van der Waals surface area contributed by atoms with Crippen molar-refractivity contribution >= 4 is 44.6 Å². The lowest BCUT2D eigenvalue weighted by Crippen LogP contribution is -2.26. The monoisotopic (exact) mass is 297 g/mol. The van der Waals surface area contributed by atoms with E-state index in [0.29, 0.717) is 22.1 Å². The van der Waals surface area contributed by atoms with Crippen LogP contribution in [0.1, 0.15) is 16.1 Å². The number of hydrogen-bond acceptors (Lipinski definition) is 4. The molecule has 0 aliphatic heterocycles. The minimum atomic E-state index is -0.120. The minimum Gasteiger partial charge on any atom is -0.397 e. The van der Waals surface area contributed by atoms with Gasteiger partial charge in [0, 0.05) is 21.7 Å². The molecule has 0 bridgehead atoms. The molecule has 1 aromatic carbocycles. The van der Waals surface area contributed by atoms with Crippen LogP contribution in [0.15, 0.2) is 18.2 Å². The van der Waals surface area contributed by atoms with Gasteiger partial charge in [0.2, 0.25) is 0 Å². The molecule has 4 N–H and O–H groups in total. The van der Waals surface area contributed by atoms with E-state index in [4.69, 9.17) is 17.3 Å². The summed E-state index contributed by atoms with van der Waals surface area (Å²) < 4.78 is 0.936. The van der Waals surface area contributed by atoms with Gasteiger partial charge in [0.05, 0.1) is 5.69 Å². The zero-order valence-electron chi connectivity index (χ0n) is 10.6. The molecule has 1 amide bonds. The summed E-state index contributed by atoms with van der Waals surface area (Å²) in [7, 11) is 1.88. The molecular weight excluding hydrogens is 282 g/mol. The molecule has 1 heterocycles. The van der Waals surface area contributed by atoms with E-state index in [1.165, 1.54) is 11.3 Å². The second-order valence-electron chi connectivity index (χ2n) is 4.20. The van der Waals surface area contributed by atoms with Crippen LogP contribution >= 0.6 is 22.9 Å². The number of thiophene rings is 1. The topological polar surface area (TPSA) is 67.1 Å². The Kier molecular flexibility index (Phi) is 4.63. The average molecular weight is 298 g/mol. The van der Waals surface area contributed by atoms with Crippen LogP contribution in [0.3, 0.4) is 0 Å². The van der Waals surface area contributed by atoms with Gasteiger partial charge in [-0.2, -0.15) is 0 Å². The quantitative estimate of drug-likeness (QED) is 0.743. The summed E-state index contributed by atoms with van der Waals surface area (Å²) >= 11 is 7.31. The predicted molar refractivity (Wildman–Crippen MR) is 82.1 cm³/mol. The molecule has 6 heteroatoms. The van der Waals surface area contributed by atoms with Crippen molar-refractivity contribution in [3.63, 3.8) is 0 Å². The van der Waals surface area contributed by atoms with Crippen molar-refractivity contribution in [2.24, 2.45) is 0 Å². The van der Waals surface area contributed by atoms with Crippen molar-refractivity contribution in [3.8, 4) is 0 Å². The van der Waals surface area contributed by atoms with Crippen LogP contribution in [-0.2, 0) is 0 Å². The third kappa shape index (κ3) is 3.18. The van der Waals surface area contributed by atoms with Crippen LogP contribution in [-0.4, -0.2) is 26.0 Å². The van der Waals surface area contributed by atoms with Gasteiger partial charge in [0.15, 0.2) is 0 Å². The molecule has 4 nitrogen and oxygen atoms in total. The Hall–Kier alpha value is -1.30. The molecule has 19 heavy (non-hydrogen) atoms. The molecule has 0 unspecified atom stereocenters. The largest absolute Gasteiger partial charge is 0.397 e. The highest BCUT2D eigenvalue weighted by Crippen LogP contribution is 2.35. The normalized spacial score (nSPS) is 10.8. The van der Waals surface area contributed by atoms with Gasteiger partial charge in [0.25, 0.3) is 5.91 Å². The van der Waals surface area contributed by atoms with Gasteiger partial charge in [-0.3, -0.25) is 4.79 Å². The first-order chi connectivity index (χ1) is 9.13. The maximum absolute atomic E-state index is 12.0. The van der Waals surface area contributed by atoms with Crippen LogP contribution in [0.25, 0.3) is 10.1 Å². The van der Waals surface area contributed by atoms with Gasteiger partial charge >= 0.3 is 0 Å². The maximum Gasteiger partial charge on any atom is 0.263 e. The zero-order chi connectivity index (χ0) is 13.8. The molecule has 102 valence electrons. The first-order valence-corrected chi connectivity index (χ1v) is 7.23. The Morgan fingerprint density at radius 1 is 1.42 bits per heavy atom. The van der Waals surface area contributed by atoms with Gasteiger partial charge in [-0.15, -0.1) is 11.3 Å². The highest BCUT2D eigenvalue weighted by Gasteiger charge is 2.15. The lowest BCUT2D eigenvalue weighted by Gasteiger charge is -2.03. The maximum atomic E-state index is 12.0. The number of carbonyl (C=O) groups excluding carboxylic acids is 1. The van der Waals surface area contributed by atoms with E-state index in [9.17, 15) is 4.79 Å². The molecule has 0 saturated heterocycles. The van der Waals surface area contributed by atoms with Crippen molar-refractivity contribution in [1.82, 2.24) is 10.6 Å². The van der Waals surface area contributed by atoms with E-state index in [1.807, 2.05) is 19.2 Å². The van der Waals surface area contributed by atoms with Crippen LogP contribution in [0, 0.1) is 0 Å². The third-order valence-electron chi connectivity index (χ3n) is 2.79. The number of benzene rings is 1. The van der Waals surface area contributed by atoms with Crippen molar-refractivity contribution in [3.05, 3.63) is 28.1 Å². The van der Waals surface area contributed by atoms with Crippen molar-refractivity contribution in [2.45, 2.75) is 6.42 Å². The second-order valence-corrected chi connectivity index (χ2v) is 5.69. The molecule has 0 fully saturated rings. The fourth-order valence-electron chi connectivity index (χ4n) is 1.81. The van der Waals surface area contributed by atoms with Crippen molar-refractivity contribution in [2.75, 3.05) is 25.9 Å². The summed E-state index contributed by atoms with van der Waals surface area (Å²) in [6, 6.07) is 5.46. The Labute approximate surface area is 120 Å². The van der Waals surface area contributed by atoms with E-state index in [-0.39, 0.29) is 5.91 Å². The number of anilines is 1. The van der Waals surface area contributed by atoms with E-state index < -0.39 is 0 Å². The molecular formula is C13H16ClN3OS. The Bertz CT molecular complexity index is 597. The number of nitrogen functional groups attached to an aromatic ring is 1. The molecule has 1 aromatic heterocycles. The summed E-state index contributed by atoms with van der Waals surface area (Å²) in [5, 5.41) is 7.43. The number of hydrogen-bond donors (Lipinski definition) is 3. The Morgan fingerprint density at radius 3 is 2.95 bits per heavy atom. The smallest absolute Gasteiger partial charge is 0.263 e. The summed E-state index contributed by atoms with van der Waals surface area (Å²) in [5.74, 6) is -0.120. The fourth-order valence-corrected chi connectivity index (χ4v) is 3.12. The highest BCUT2D eigenvalue weighted by molar-refractivity contribution is 7.21. The number of halogens is 1. The molecule has 0 atom stereocenters. The second kappa shape index (κ2) is 6.23. The summed E-state index contributed by atoms with van der Waals surface area (Å²) in [4.78, 5) is 12.6. The predicted octanol–water partition coefficient (Wildman–Crippen LogP) is 2.48. The van der Waals surface area contributed by atoms with E-state index >= 15 is 0 Å². The van der Waals surface area contributed by atoms with E-state index in [2.05, 4.69) is 10.6 Å². The number of amides is 1. The lowest BCUT2D eigenvalue weighted by molar-refractivity contribution is 0.0958. The van der Waals surface area contributed by atoms with Gasteiger partial charge in [-0.25, -0.2) is 0 Å². The first-order valence-electron chi connectivity index (χ1n) is 6.04. The van der Waals surface area contributed by atoms with Gasteiger partial charge in [0.1, 0.15) is 4.88 Å². The number of nitrogens with one attached hydrogen (secondary N) is 2. The molecule has 0 aliphatic rings. The number of fused-ring (bicyclic) bond motifs is 1. The lowest BCUT2D eigenvalue weighted by atomic mass is 10.2. The standard InChI is InChI=1S/C13H16ClN3OS/c1-16-5-2-6-17-13(18)12-11(15)9-4-3-8(14)7-10(9)19-12/h3-4,7,16H,2,5-6,15H2,1H3,(H,17,18). The molecule has 0 aliphatic carbocycles. The first kappa shape index (κ1) is 14.1. The number of carbonyl (C=O) groups is 1. The van der Waals surface area contributed by atoms with Crippen LogP contribution in [0.2, 0.25) is 5.02 Å². The molecule has 2 rings (SSSR count). The van der Waals surface area contributed by atoms with E-state index in [1.54, 1.807) is 6.07 Å². The fraction of sp³-hybridized carbons (Fsp3) is 0.308. The number of rotatable bonds is 5. The van der Waals surface area contributed by atoms with Crippen molar-refractivity contribution < 1.29 is 4.79 Å². The molecule has 0 radical (unpaired) electrons. The number of nitrogens with two attached hydrogens (primary N) is 1. The van der Waals surface area contributed by atoms with Crippen LogP contribution in [0.5, 0.6) is 0 Å². The average Bonchev–Trinajstić information content (AvgIpc) is 2.71. The zero-order valence-corrected chi connectivity index (χ0v) is 12.2. The van der Waals surface area contributed by atoms with Crippen LogP contribution in [0.4, 0.5) is 5.69 Å². The summed E-state index contributed by atoms with van der Waals surface area (Å²) in [5.41, 5.74) is 6.54. The van der Waals surface area contributed by atoms with Crippen molar-refractivity contribution in [1.29, 1.82) is 0 Å². The van der Waals surface area contributed by atoms with E-state index in [0.717, 1.165) is 23.1 Å². The van der Waals surface area contributed by atoms with Gasteiger partial charge < -0.3 is 16.4 Å². The summed E-state index contributed by atoms with van der Waals surface area (Å²) in [6.07, 6.45) is 0.888. The Morgan fingerprint density at radius 2 is 2.21 bits per heavy atom. The highest BCUT2D eigenvalue weighted by atomic mass is 35.5. The Balaban J connectivity index is 2.15. The molecule has 2 aromatic rings. The summed E-state index contributed by atoms with van der Waals surface area (Å²) in [6.45, 7) is 1.51. The minimum absolute atomic E-state index is 0.120. The van der Waals surface area contributed by atoms with Gasteiger partial charge in [-0.05, 0) is 38.2 Å². The molecule has 0 saturated carbocycles.